The summed E-state index contributed by atoms with van der Waals surface area (Å²) in [6.45, 7) is 1.61. The van der Waals surface area contributed by atoms with Gasteiger partial charge in [0.05, 0.1) is 33.1 Å². The number of benzene rings is 2. The number of hydrogen-bond acceptors (Lipinski definition) is 4. The monoisotopic (exact) mass is 502 g/mol. The molecule has 0 fully saturated rings. The van der Waals surface area contributed by atoms with E-state index in [1.165, 1.54) is 35.0 Å². The van der Waals surface area contributed by atoms with Gasteiger partial charge in [-0.1, -0.05) is 6.07 Å². The summed E-state index contributed by atoms with van der Waals surface area (Å²) < 4.78 is 67.3. The molecule has 1 amide bonds. The number of aromatic nitrogens is 3. The molecule has 2 aromatic heterocycles. The Morgan fingerprint density at radius 1 is 1.17 bits per heavy atom. The second-order valence-electron chi connectivity index (χ2n) is 8.64. The first-order chi connectivity index (χ1) is 16.5. The van der Waals surface area contributed by atoms with Crippen LogP contribution in [-0.2, 0) is 29.5 Å². The van der Waals surface area contributed by atoms with Crippen LogP contribution < -0.4 is 5.32 Å². The molecule has 11 heteroatoms. The molecule has 0 saturated heterocycles. The van der Waals surface area contributed by atoms with Crippen LogP contribution in [0.1, 0.15) is 45.3 Å². The maximum Gasteiger partial charge on any atom is 0.416 e. The Hall–Kier alpha value is -3.60. The Kier molecular flexibility index (Phi) is 5.28. The molecule has 2 aromatic carbocycles. The number of carbonyl (C=O) groups excluding carboxylic acids is 1. The lowest BCUT2D eigenvalue weighted by atomic mass is 10.0. The molecule has 1 unspecified atom stereocenters. The number of aromatic amines is 1. The normalized spacial score (nSPS) is 16.0. The van der Waals surface area contributed by atoms with Gasteiger partial charge in [-0.05, 0) is 67.3 Å². The van der Waals surface area contributed by atoms with Crippen LogP contribution in [0.3, 0.4) is 0 Å². The number of rotatable bonds is 4. The highest BCUT2D eigenvalue weighted by Gasteiger charge is 2.34. The number of aryl methyl sites for hydroxylation is 1. The molecule has 0 aliphatic heterocycles. The fraction of sp³-hybridized carbons (Fsp3) is 0.250. The third kappa shape index (κ3) is 3.89. The molecule has 35 heavy (non-hydrogen) atoms. The van der Waals surface area contributed by atoms with Gasteiger partial charge in [-0.15, -0.1) is 0 Å². The van der Waals surface area contributed by atoms with Crippen molar-refractivity contribution in [2.45, 2.75) is 41.8 Å². The second-order valence-corrected chi connectivity index (χ2v) is 10.6. The van der Waals surface area contributed by atoms with E-state index in [0.717, 1.165) is 12.1 Å². The topological polar surface area (TPSA) is 96.8 Å². The molecule has 0 spiro atoms. The molecule has 5 rings (SSSR count). The lowest BCUT2D eigenvalue weighted by molar-refractivity contribution is -0.137. The first kappa shape index (κ1) is 23.2. The number of hydrogen-bond donors (Lipinski definition) is 2. The van der Waals surface area contributed by atoms with E-state index in [2.05, 4.69) is 15.5 Å². The van der Waals surface area contributed by atoms with Crippen LogP contribution in [0.4, 0.5) is 13.2 Å². The Labute approximate surface area is 198 Å². The average Bonchev–Trinajstić information content (AvgIpc) is 3.51. The Morgan fingerprint density at radius 2 is 1.94 bits per heavy atom. The van der Waals surface area contributed by atoms with E-state index >= 15 is 0 Å². The largest absolute Gasteiger partial charge is 0.416 e. The molecule has 182 valence electrons. The molecule has 0 saturated carbocycles. The second kappa shape index (κ2) is 7.98. The van der Waals surface area contributed by atoms with Gasteiger partial charge in [0.2, 0.25) is 9.84 Å². The van der Waals surface area contributed by atoms with E-state index in [9.17, 15) is 26.4 Å². The van der Waals surface area contributed by atoms with Crippen molar-refractivity contribution < 1.29 is 26.4 Å². The predicted molar refractivity (Wildman–Crippen MR) is 122 cm³/mol. The van der Waals surface area contributed by atoms with Crippen LogP contribution in [0.2, 0.25) is 0 Å². The van der Waals surface area contributed by atoms with Crippen LogP contribution in [0.15, 0.2) is 58.5 Å². The summed E-state index contributed by atoms with van der Waals surface area (Å²) in [6, 6.07) is 9.03. The number of alkyl halides is 3. The lowest BCUT2D eigenvalue weighted by Gasteiger charge is -2.15. The number of fused-ring (bicyclic) bond motifs is 2. The highest BCUT2D eigenvalue weighted by molar-refractivity contribution is 7.91. The number of sulfone groups is 1. The molecule has 4 aromatic rings. The number of halogens is 3. The van der Waals surface area contributed by atoms with E-state index in [0.29, 0.717) is 40.6 Å². The molecule has 1 atom stereocenters. The van der Waals surface area contributed by atoms with Crippen molar-refractivity contribution in [3.05, 3.63) is 76.7 Å². The van der Waals surface area contributed by atoms with Gasteiger partial charge in [-0.3, -0.25) is 9.89 Å². The van der Waals surface area contributed by atoms with Crippen LogP contribution in [0.5, 0.6) is 0 Å². The van der Waals surface area contributed by atoms with Crippen molar-refractivity contribution in [2.75, 3.05) is 0 Å². The minimum absolute atomic E-state index is 0.00892. The van der Waals surface area contributed by atoms with Crippen LogP contribution >= 0.6 is 0 Å². The predicted octanol–water partition coefficient (Wildman–Crippen LogP) is 4.48. The van der Waals surface area contributed by atoms with Gasteiger partial charge in [-0.25, -0.2) is 8.42 Å². The molecular formula is C24H21F3N4O3S. The summed E-state index contributed by atoms with van der Waals surface area (Å²) in [4.78, 5) is 13.2. The van der Waals surface area contributed by atoms with Crippen molar-refractivity contribution in [3.63, 3.8) is 0 Å². The third-order valence-electron chi connectivity index (χ3n) is 6.59. The Balaban J connectivity index is 1.43. The highest BCUT2D eigenvalue weighted by atomic mass is 32.2. The molecule has 2 N–H and O–H groups in total. The molecular weight excluding hydrogens is 481 g/mol. The number of H-pyrrole nitrogens is 1. The van der Waals surface area contributed by atoms with Gasteiger partial charge in [0, 0.05) is 18.1 Å². The summed E-state index contributed by atoms with van der Waals surface area (Å²) in [6.07, 6.45) is -2.03. The standard InChI is InChI=1S/C24H21F3N4O3S/c1-13-22(35(33,34)17-5-8-19-15(10-17)12-28-30-19)11-21(31(13)2)23(32)29-20-7-3-14-9-16(24(25,26)27)4-6-18(14)20/h4-6,8-12,20H,3,7H2,1-2H3,(H,28,30)(H,29,32). The summed E-state index contributed by atoms with van der Waals surface area (Å²) >= 11 is 0. The zero-order valence-corrected chi connectivity index (χ0v) is 19.6. The van der Waals surface area contributed by atoms with E-state index < -0.39 is 33.5 Å². The van der Waals surface area contributed by atoms with Gasteiger partial charge in [0.25, 0.3) is 5.91 Å². The average molecular weight is 503 g/mol. The number of amides is 1. The van der Waals surface area contributed by atoms with Crippen molar-refractivity contribution in [2.24, 2.45) is 7.05 Å². The first-order valence-corrected chi connectivity index (χ1v) is 12.3. The van der Waals surface area contributed by atoms with E-state index in [1.54, 1.807) is 20.0 Å². The van der Waals surface area contributed by atoms with Gasteiger partial charge in [-0.2, -0.15) is 18.3 Å². The van der Waals surface area contributed by atoms with Crippen molar-refractivity contribution in [3.8, 4) is 0 Å². The quantitative estimate of drug-likeness (QED) is 0.430. The number of carbonyl (C=O) groups is 1. The van der Waals surface area contributed by atoms with Gasteiger partial charge < -0.3 is 9.88 Å². The van der Waals surface area contributed by atoms with Crippen molar-refractivity contribution in [1.29, 1.82) is 0 Å². The molecule has 2 heterocycles. The summed E-state index contributed by atoms with van der Waals surface area (Å²) in [5.74, 6) is -0.500. The minimum atomic E-state index is -4.43. The SMILES string of the molecule is Cc1c(S(=O)(=O)c2ccc3[nH]ncc3c2)cc(C(=O)NC2CCc3cc(C(F)(F)F)ccc32)n1C. The van der Waals surface area contributed by atoms with Crippen LogP contribution in [-0.4, -0.2) is 29.1 Å². The van der Waals surface area contributed by atoms with E-state index in [1.807, 2.05) is 0 Å². The summed E-state index contributed by atoms with van der Waals surface area (Å²) in [5, 5.41) is 10.2. The zero-order valence-electron chi connectivity index (χ0n) is 18.8. The fourth-order valence-corrected chi connectivity index (χ4v) is 6.13. The molecule has 0 radical (unpaired) electrons. The smallest absolute Gasteiger partial charge is 0.344 e. The summed E-state index contributed by atoms with van der Waals surface area (Å²) in [7, 11) is -2.32. The van der Waals surface area contributed by atoms with E-state index in [-0.39, 0.29) is 15.5 Å². The maximum atomic E-state index is 13.4. The molecule has 0 bridgehead atoms. The van der Waals surface area contributed by atoms with Crippen LogP contribution in [0, 0.1) is 6.92 Å². The number of nitrogens with one attached hydrogen (secondary N) is 2. The fourth-order valence-electron chi connectivity index (χ4n) is 4.55. The first-order valence-electron chi connectivity index (χ1n) is 10.8. The Bertz CT molecular complexity index is 1590. The maximum absolute atomic E-state index is 13.4. The van der Waals surface area contributed by atoms with Gasteiger partial charge >= 0.3 is 6.18 Å². The Morgan fingerprint density at radius 3 is 2.69 bits per heavy atom. The molecule has 1 aliphatic carbocycles. The van der Waals surface area contributed by atoms with Crippen molar-refractivity contribution >= 4 is 26.6 Å². The van der Waals surface area contributed by atoms with Gasteiger partial charge in [0.1, 0.15) is 5.69 Å². The van der Waals surface area contributed by atoms with E-state index in [4.69, 9.17) is 0 Å². The molecule has 7 nitrogen and oxygen atoms in total. The number of nitrogens with zero attached hydrogens (tertiary/aromatic N) is 2. The lowest BCUT2D eigenvalue weighted by Crippen LogP contribution is -2.28. The van der Waals surface area contributed by atoms with Gasteiger partial charge in [0.15, 0.2) is 0 Å². The summed E-state index contributed by atoms with van der Waals surface area (Å²) in [5.41, 5.74) is 1.71. The zero-order chi connectivity index (χ0) is 25.1. The highest BCUT2D eigenvalue weighted by Crippen LogP contribution is 2.37. The van der Waals surface area contributed by atoms with Crippen LogP contribution in [0.25, 0.3) is 10.9 Å². The third-order valence-corrected chi connectivity index (χ3v) is 8.45. The van der Waals surface area contributed by atoms with Crippen molar-refractivity contribution in [1.82, 2.24) is 20.1 Å². The molecule has 1 aliphatic rings. The minimum Gasteiger partial charge on any atom is -0.344 e.